The van der Waals surface area contributed by atoms with Gasteiger partial charge in [0, 0.05) is 18.8 Å². The first kappa shape index (κ1) is 10.8. The molecule has 16 heavy (non-hydrogen) atoms. The van der Waals surface area contributed by atoms with Crippen LogP contribution in [0.4, 0.5) is 23.7 Å². The largest absolute Gasteiger partial charge is 0.416 e. The van der Waals surface area contributed by atoms with Crippen LogP contribution in [0.25, 0.3) is 0 Å². The average molecular weight is 230 g/mol. The number of hydrogen-bond donors (Lipinski definition) is 1. The van der Waals surface area contributed by atoms with Crippen molar-refractivity contribution in [3.63, 3.8) is 0 Å². The van der Waals surface area contributed by atoms with Gasteiger partial charge in [0.2, 0.25) is 0 Å². The third-order valence-electron chi connectivity index (χ3n) is 2.36. The lowest BCUT2D eigenvalue weighted by atomic mass is 10.2. The van der Waals surface area contributed by atoms with E-state index in [1.54, 1.807) is 0 Å². The summed E-state index contributed by atoms with van der Waals surface area (Å²) in [6.45, 7) is 0.990. The zero-order valence-electron chi connectivity index (χ0n) is 8.21. The Morgan fingerprint density at radius 2 is 1.81 bits per heavy atom. The maximum atomic E-state index is 12.3. The molecule has 2 rings (SSSR count). The minimum atomic E-state index is -4.34. The molecule has 0 aromatic heterocycles. The van der Waals surface area contributed by atoms with E-state index in [0.717, 1.165) is 12.1 Å². The van der Waals surface area contributed by atoms with E-state index in [9.17, 15) is 18.0 Å². The molecule has 86 valence electrons. The van der Waals surface area contributed by atoms with Crippen LogP contribution < -0.4 is 10.2 Å². The molecule has 1 aliphatic rings. The first-order chi connectivity index (χ1) is 7.48. The van der Waals surface area contributed by atoms with Gasteiger partial charge in [-0.3, -0.25) is 4.90 Å². The molecule has 3 nitrogen and oxygen atoms in total. The molecule has 1 aliphatic heterocycles. The van der Waals surface area contributed by atoms with Crippen molar-refractivity contribution in [1.29, 1.82) is 0 Å². The van der Waals surface area contributed by atoms with Crippen LogP contribution >= 0.6 is 0 Å². The van der Waals surface area contributed by atoms with E-state index in [4.69, 9.17) is 0 Å². The van der Waals surface area contributed by atoms with Gasteiger partial charge in [-0.25, -0.2) is 4.79 Å². The third kappa shape index (κ3) is 1.95. The molecule has 1 aromatic rings. The highest BCUT2D eigenvalue weighted by Crippen LogP contribution is 2.30. The molecule has 6 heteroatoms. The van der Waals surface area contributed by atoms with Crippen LogP contribution in [0.5, 0.6) is 0 Å². The van der Waals surface area contributed by atoms with Gasteiger partial charge in [0.1, 0.15) is 0 Å². The van der Waals surface area contributed by atoms with Gasteiger partial charge in [-0.2, -0.15) is 13.2 Å². The summed E-state index contributed by atoms with van der Waals surface area (Å²) in [7, 11) is 0. The molecule has 1 fully saturated rings. The van der Waals surface area contributed by atoms with Crippen LogP contribution in [0, 0.1) is 0 Å². The van der Waals surface area contributed by atoms with Crippen molar-refractivity contribution in [3.8, 4) is 0 Å². The predicted octanol–water partition coefficient (Wildman–Crippen LogP) is 2.24. The molecule has 0 aliphatic carbocycles. The van der Waals surface area contributed by atoms with E-state index in [1.165, 1.54) is 17.0 Å². The summed E-state index contributed by atoms with van der Waals surface area (Å²) in [5, 5.41) is 2.58. The molecular formula is C10H9F3N2O. The van der Waals surface area contributed by atoms with Gasteiger partial charge >= 0.3 is 12.2 Å². The average Bonchev–Trinajstić information content (AvgIpc) is 2.63. The first-order valence-corrected chi connectivity index (χ1v) is 4.71. The maximum Gasteiger partial charge on any atom is 0.416 e. The van der Waals surface area contributed by atoms with Gasteiger partial charge in [-0.1, -0.05) is 0 Å². The topological polar surface area (TPSA) is 32.3 Å². The van der Waals surface area contributed by atoms with Crippen LogP contribution in [-0.4, -0.2) is 19.1 Å². The Kier molecular flexibility index (Phi) is 2.49. The number of halogens is 3. The second-order valence-electron chi connectivity index (χ2n) is 3.43. The Balaban J connectivity index is 2.22. The zero-order chi connectivity index (χ0) is 11.8. The second kappa shape index (κ2) is 3.70. The Hall–Kier alpha value is -1.72. The van der Waals surface area contributed by atoms with Crippen LogP contribution in [0.1, 0.15) is 5.56 Å². The standard InChI is InChI=1S/C10H9F3N2O/c11-10(12,13)7-1-3-8(4-2-7)15-6-5-14-9(15)16/h1-4H,5-6H2,(H,14,16). The number of benzene rings is 1. The van der Waals surface area contributed by atoms with Crippen LogP contribution in [-0.2, 0) is 6.18 Å². The highest BCUT2D eigenvalue weighted by molar-refractivity contribution is 5.93. The Bertz CT molecular complexity index is 400. The molecule has 0 spiro atoms. The number of alkyl halides is 3. The zero-order valence-corrected chi connectivity index (χ0v) is 8.21. The smallest absolute Gasteiger partial charge is 0.336 e. The van der Waals surface area contributed by atoms with E-state index in [-0.39, 0.29) is 6.03 Å². The quantitative estimate of drug-likeness (QED) is 0.788. The molecule has 1 aromatic carbocycles. The summed E-state index contributed by atoms with van der Waals surface area (Å²) in [5.74, 6) is 0. The molecule has 0 atom stereocenters. The summed E-state index contributed by atoms with van der Waals surface area (Å²) in [4.78, 5) is 12.7. The Labute approximate surface area is 89.9 Å². The summed E-state index contributed by atoms with van der Waals surface area (Å²) < 4.78 is 36.8. The molecule has 1 N–H and O–H groups in total. The lowest BCUT2D eigenvalue weighted by Gasteiger charge is -2.15. The molecule has 0 unspecified atom stereocenters. The lowest BCUT2D eigenvalue weighted by molar-refractivity contribution is -0.137. The molecule has 0 saturated carbocycles. The van der Waals surface area contributed by atoms with Gasteiger partial charge in [0.05, 0.1) is 5.56 Å². The number of urea groups is 1. The Morgan fingerprint density at radius 1 is 1.19 bits per heavy atom. The van der Waals surface area contributed by atoms with Crippen LogP contribution in [0.2, 0.25) is 0 Å². The van der Waals surface area contributed by atoms with Crippen molar-refractivity contribution in [2.24, 2.45) is 0 Å². The number of hydrogen-bond acceptors (Lipinski definition) is 1. The number of carbonyl (C=O) groups is 1. The van der Waals surface area contributed by atoms with E-state index >= 15 is 0 Å². The van der Waals surface area contributed by atoms with Gasteiger partial charge in [0.15, 0.2) is 0 Å². The van der Waals surface area contributed by atoms with Crippen molar-refractivity contribution >= 4 is 11.7 Å². The molecular weight excluding hydrogens is 221 g/mol. The summed E-state index contributed by atoms with van der Waals surface area (Å²) in [6, 6.07) is 4.27. The summed E-state index contributed by atoms with van der Waals surface area (Å²) >= 11 is 0. The fourth-order valence-electron chi connectivity index (χ4n) is 1.55. The second-order valence-corrected chi connectivity index (χ2v) is 3.43. The van der Waals surface area contributed by atoms with Gasteiger partial charge < -0.3 is 5.32 Å². The van der Waals surface area contributed by atoms with Gasteiger partial charge in [0.25, 0.3) is 0 Å². The van der Waals surface area contributed by atoms with E-state index in [2.05, 4.69) is 5.32 Å². The SMILES string of the molecule is O=C1NCCN1c1ccc(C(F)(F)F)cc1. The lowest BCUT2D eigenvalue weighted by Crippen LogP contribution is -2.27. The van der Waals surface area contributed by atoms with Crippen molar-refractivity contribution < 1.29 is 18.0 Å². The maximum absolute atomic E-state index is 12.3. The first-order valence-electron chi connectivity index (χ1n) is 4.71. The number of nitrogens with zero attached hydrogens (tertiary/aromatic N) is 1. The van der Waals surface area contributed by atoms with Crippen LogP contribution in [0.3, 0.4) is 0 Å². The van der Waals surface area contributed by atoms with Crippen molar-refractivity contribution in [2.75, 3.05) is 18.0 Å². The number of nitrogens with one attached hydrogen (secondary N) is 1. The molecule has 1 heterocycles. The van der Waals surface area contributed by atoms with Gasteiger partial charge in [-0.05, 0) is 24.3 Å². The van der Waals surface area contributed by atoms with Crippen molar-refractivity contribution in [3.05, 3.63) is 29.8 Å². The number of carbonyl (C=O) groups excluding carboxylic acids is 1. The summed E-state index contributed by atoms with van der Waals surface area (Å²) in [5.41, 5.74) is -0.237. The van der Waals surface area contributed by atoms with Crippen LogP contribution in [0.15, 0.2) is 24.3 Å². The fraction of sp³-hybridized carbons (Fsp3) is 0.300. The van der Waals surface area contributed by atoms with E-state index in [0.29, 0.717) is 18.8 Å². The van der Waals surface area contributed by atoms with Gasteiger partial charge in [-0.15, -0.1) is 0 Å². The van der Waals surface area contributed by atoms with Crippen molar-refractivity contribution in [2.45, 2.75) is 6.18 Å². The predicted molar refractivity (Wildman–Crippen MR) is 52.2 cm³/mol. The third-order valence-corrected chi connectivity index (χ3v) is 2.36. The molecule has 0 radical (unpaired) electrons. The minimum absolute atomic E-state index is 0.278. The normalized spacial score (nSPS) is 16.4. The molecule has 0 bridgehead atoms. The monoisotopic (exact) mass is 230 g/mol. The fourth-order valence-corrected chi connectivity index (χ4v) is 1.55. The summed E-state index contributed by atoms with van der Waals surface area (Å²) in [6.07, 6.45) is -4.34. The minimum Gasteiger partial charge on any atom is -0.336 e. The molecule has 1 saturated heterocycles. The highest BCUT2D eigenvalue weighted by atomic mass is 19.4. The highest BCUT2D eigenvalue weighted by Gasteiger charge is 2.30. The Morgan fingerprint density at radius 3 is 2.25 bits per heavy atom. The number of amides is 2. The number of anilines is 1. The number of rotatable bonds is 1. The van der Waals surface area contributed by atoms with E-state index < -0.39 is 11.7 Å². The van der Waals surface area contributed by atoms with Crippen molar-refractivity contribution in [1.82, 2.24) is 5.32 Å². The molecule has 2 amide bonds. The van der Waals surface area contributed by atoms with E-state index in [1.807, 2.05) is 0 Å².